The molecule has 0 radical (unpaired) electrons. The lowest BCUT2D eigenvalue weighted by molar-refractivity contribution is -0.121. The number of nitriles is 1. The molecule has 0 N–H and O–H groups in total. The van der Waals surface area contributed by atoms with Gasteiger partial charge in [-0.05, 0) is 12.7 Å². The Morgan fingerprint density at radius 1 is 1.71 bits per heavy atom. The minimum Gasteiger partial charge on any atom is -0.313 e. The van der Waals surface area contributed by atoms with Crippen molar-refractivity contribution in [2.45, 2.75) is 26.1 Å². The third-order valence-corrected chi connectivity index (χ3v) is 2.12. The van der Waals surface area contributed by atoms with Crippen LogP contribution in [0.4, 0.5) is 0 Å². The summed E-state index contributed by atoms with van der Waals surface area (Å²) in [7, 11) is 0. The highest BCUT2D eigenvalue weighted by molar-refractivity contribution is 6.90. The zero-order chi connectivity index (χ0) is 11.0. The Morgan fingerprint density at radius 3 is 2.71 bits per heavy atom. The summed E-state index contributed by atoms with van der Waals surface area (Å²) in [5.74, 6) is 1.73. The molecule has 0 spiro atoms. The van der Waals surface area contributed by atoms with Gasteiger partial charge >= 0.3 is 6.71 Å². The molecule has 0 amide bonds. The van der Waals surface area contributed by atoms with Gasteiger partial charge in [0.15, 0.2) is 0 Å². The van der Waals surface area contributed by atoms with Gasteiger partial charge in [0, 0.05) is 18.3 Å². The zero-order valence-corrected chi connectivity index (χ0v) is 8.40. The van der Waals surface area contributed by atoms with Crippen LogP contribution in [0, 0.1) is 17.1 Å². The summed E-state index contributed by atoms with van der Waals surface area (Å²) in [5, 5.41) is 8.58. The maximum atomic E-state index is 11.4. The molecule has 0 heterocycles. The van der Waals surface area contributed by atoms with Gasteiger partial charge in [0.1, 0.15) is 5.78 Å². The Labute approximate surface area is 84.9 Å². The summed E-state index contributed by atoms with van der Waals surface area (Å²) < 4.78 is 0. The number of Topliss-reactive ketones (excluding diaryl/α,β-unsaturated/α-hetero) is 1. The van der Waals surface area contributed by atoms with Gasteiger partial charge in [-0.1, -0.05) is 13.0 Å². The normalized spacial score (nSPS) is 11.1. The number of hydrogen-bond acceptors (Lipinski definition) is 3. The first-order chi connectivity index (χ1) is 6.69. The largest absolute Gasteiger partial charge is 0.340 e. The van der Waals surface area contributed by atoms with E-state index >= 15 is 0 Å². The van der Waals surface area contributed by atoms with Gasteiger partial charge in [-0.2, -0.15) is 0 Å². The number of nitrogens with zero attached hydrogens (tertiary/aromatic N) is 1. The summed E-state index contributed by atoms with van der Waals surface area (Å²) >= 11 is 0. The molecule has 0 aromatic rings. The molecule has 1 unspecified atom stereocenters. The molecule has 0 bridgehead atoms. The van der Waals surface area contributed by atoms with Gasteiger partial charge in [0.2, 0.25) is 0 Å². The number of hydrogen-bond donors (Lipinski definition) is 0. The second-order valence-corrected chi connectivity index (χ2v) is 3.15. The first kappa shape index (κ1) is 12.6. The van der Waals surface area contributed by atoms with E-state index in [1.54, 1.807) is 13.0 Å². The molecule has 74 valence electrons. The van der Waals surface area contributed by atoms with E-state index in [-0.39, 0.29) is 11.7 Å². The highest BCUT2D eigenvalue weighted by Gasteiger charge is 2.23. The number of carbonyl (C=O) groups is 2. The minimum atomic E-state index is -0.671. The molecule has 0 rings (SSSR count). The number of ketones is 1. The zero-order valence-electron chi connectivity index (χ0n) is 8.40. The predicted octanol–water partition coefficient (Wildman–Crippen LogP) is 1.49. The van der Waals surface area contributed by atoms with E-state index in [1.807, 2.05) is 5.97 Å². The van der Waals surface area contributed by atoms with Crippen LogP contribution in [0.1, 0.15) is 19.8 Å². The first-order valence-corrected chi connectivity index (χ1v) is 4.68. The molecule has 0 aromatic heterocycles. The van der Waals surface area contributed by atoms with Crippen LogP contribution in [0.2, 0.25) is 6.32 Å². The molecule has 0 aliphatic heterocycles. The minimum absolute atomic E-state index is 0.0898. The lowest BCUT2D eigenvalue weighted by atomic mass is 9.47. The highest BCUT2D eigenvalue weighted by Crippen LogP contribution is 2.15. The average molecular weight is 191 g/mol. The molecular formula is C10H14BNO2. The lowest BCUT2D eigenvalue weighted by Crippen LogP contribution is -2.22. The van der Waals surface area contributed by atoms with E-state index in [2.05, 4.69) is 6.58 Å². The third-order valence-electron chi connectivity index (χ3n) is 2.12. The van der Waals surface area contributed by atoms with Crippen LogP contribution >= 0.6 is 0 Å². The van der Waals surface area contributed by atoms with Crippen LogP contribution in [0.15, 0.2) is 12.7 Å². The van der Waals surface area contributed by atoms with E-state index in [0.717, 1.165) is 0 Å². The Bertz CT molecular complexity index is 257. The van der Waals surface area contributed by atoms with E-state index < -0.39 is 6.71 Å². The SMILES string of the molecule is C=CCC(CB(C#N)C=O)C(=O)CC. The summed E-state index contributed by atoms with van der Waals surface area (Å²) in [6.07, 6.45) is 3.55. The summed E-state index contributed by atoms with van der Waals surface area (Å²) in [6, 6.07) is 0. The van der Waals surface area contributed by atoms with Gasteiger partial charge in [-0.3, -0.25) is 4.79 Å². The van der Waals surface area contributed by atoms with Gasteiger partial charge in [0.05, 0.1) is 6.19 Å². The Kier molecular flexibility index (Phi) is 6.39. The van der Waals surface area contributed by atoms with Crippen LogP contribution in [0.25, 0.3) is 0 Å². The van der Waals surface area contributed by atoms with E-state index in [0.29, 0.717) is 25.3 Å². The molecular weight excluding hydrogens is 177 g/mol. The van der Waals surface area contributed by atoms with E-state index in [1.165, 1.54) is 0 Å². The first-order valence-electron chi connectivity index (χ1n) is 4.68. The van der Waals surface area contributed by atoms with Crippen LogP contribution in [0.3, 0.4) is 0 Å². The maximum Gasteiger partial charge on any atom is 0.340 e. The topological polar surface area (TPSA) is 57.9 Å². The average Bonchev–Trinajstić information content (AvgIpc) is 2.23. The molecule has 4 heteroatoms. The van der Waals surface area contributed by atoms with Crippen molar-refractivity contribution in [1.82, 2.24) is 0 Å². The third kappa shape index (κ3) is 4.04. The Balaban J connectivity index is 4.36. The Morgan fingerprint density at radius 2 is 2.36 bits per heavy atom. The van der Waals surface area contributed by atoms with Crippen molar-refractivity contribution in [3.05, 3.63) is 12.7 Å². The van der Waals surface area contributed by atoms with Crippen molar-refractivity contribution < 1.29 is 9.59 Å². The molecule has 0 saturated carbocycles. The Hall–Kier alpha value is -1.37. The number of allylic oxidation sites excluding steroid dienone is 1. The van der Waals surface area contributed by atoms with Crippen LogP contribution in [-0.4, -0.2) is 18.7 Å². The van der Waals surface area contributed by atoms with Crippen molar-refractivity contribution >= 4 is 18.7 Å². The number of rotatable bonds is 7. The van der Waals surface area contributed by atoms with Gasteiger partial charge in [0.25, 0.3) is 0 Å². The van der Waals surface area contributed by atoms with Crippen molar-refractivity contribution in [3.8, 4) is 5.97 Å². The molecule has 14 heavy (non-hydrogen) atoms. The van der Waals surface area contributed by atoms with Crippen LogP contribution in [0.5, 0.6) is 0 Å². The molecule has 3 nitrogen and oxygen atoms in total. The predicted molar refractivity (Wildman–Crippen MR) is 56.5 cm³/mol. The van der Waals surface area contributed by atoms with Crippen molar-refractivity contribution in [2.24, 2.45) is 5.92 Å². The fourth-order valence-corrected chi connectivity index (χ4v) is 1.29. The second-order valence-electron chi connectivity index (χ2n) is 3.15. The van der Waals surface area contributed by atoms with Crippen molar-refractivity contribution in [3.63, 3.8) is 0 Å². The molecule has 0 aliphatic carbocycles. The standard InChI is InChI=1S/C10H14BNO2/c1-3-5-9(10(14)4-2)6-11(7-12)8-13/h3,8-9H,1,4-6H2,2H3. The molecule has 1 atom stereocenters. The van der Waals surface area contributed by atoms with E-state index in [4.69, 9.17) is 5.26 Å². The second kappa shape index (κ2) is 7.08. The van der Waals surface area contributed by atoms with E-state index in [9.17, 15) is 9.59 Å². The maximum absolute atomic E-state index is 11.4. The summed E-state index contributed by atoms with van der Waals surface area (Å²) in [6.45, 7) is 4.66. The lowest BCUT2D eigenvalue weighted by Gasteiger charge is -2.11. The number of carbonyl (C=O) groups excluding carboxylic acids is 2. The monoisotopic (exact) mass is 191 g/mol. The van der Waals surface area contributed by atoms with Crippen molar-refractivity contribution in [2.75, 3.05) is 0 Å². The highest BCUT2D eigenvalue weighted by atomic mass is 16.1. The summed E-state index contributed by atoms with van der Waals surface area (Å²) in [5.41, 5.74) is 0. The quantitative estimate of drug-likeness (QED) is 0.348. The molecule has 0 aliphatic rings. The van der Waals surface area contributed by atoms with Gasteiger partial charge < -0.3 is 4.79 Å². The van der Waals surface area contributed by atoms with Gasteiger partial charge in [-0.25, -0.2) is 5.26 Å². The molecule has 0 aromatic carbocycles. The van der Waals surface area contributed by atoms with Crippen LogP contribution in [-0.2, 0) is 9.59 Å². The summed E-state index contributed by atoms with van der Waals surface area (Å²) in [4.78, 5) is 21.8. The molecule has 0 saturated heterocycles. The van der Waals surface area contributed by atoms with Crippen LogP contribution < -0.4 is 0 Å². The fourth-order valence-electron chi connectivity index (χ4n) is 1.29. The molecule has 0 fully saturated rings. The van der Waals surface area contributed by atoms with Crippen molar-refractivity contribution in [1.29, 1.82) is 5.26 Å². The smallest absolute Gasteiger partial charge is 0.313 e. The van der Waals surface area contributed by atoms with Gasteiger partial charge in [-0.15, -0.1) is 6.58 Å². The fraction of sp³-hybridized carbons (Fsp3) is 0.500.